The van der Waals surface area contributed by atoms with Gasteiger partial charge in [-0.15, -0.1) is 0 Å². The highest BCUT2D eigenvalue weighted by molar-refractivity contribution is 6.05. The van der Waals surface area contributed by atoms with Crippen LogP contribution in [0.3, 0.4) is 0 Å². The molecule has 0 unspecified atom stereocenters. The first kappa shape index (κ1) is 12.4. The van der Waals surface area contributed by atoms with E-state index < -0.39 is 11.0 Å². The van der Waals surface area contributed by atoms with Crippen molar-refractivity contribution >= 4 is 11.8 Å². The Kier molecular flexibility index (Phi) is 2.89. The van der Waals surface area contributed by atoms with Crippen LogP contribution in [0.1, 0.15) is 33.1 Å². The van der Waals surface area contributed by atoms with Crippen LogP contribution >= 0.6 is 0 Å². The van der Waals surface area contributed by atoms with E-state index in [2.05, 4.69) is 5.32 Å². The Morgan fingerprint density at radius 1 is 1.53 bits per heavy atom. The maximum atomic E-state index is 12.3. The predicted molar refractivity (Wildman–Crippen MR) is 62.2 cm³/mol. The molecular weight excluding hydrogens is 220 g/mol. The lowest BCUT2D eigenvalue weighted by molar-refractivity contribution is -0.170. The molecule has 2 N–H and O–H groups in total. The van der Waals surface area contributed by atoms with Crippen LogP contribution < -0.4 is 5.32 Å². The fraction of sp³-hybridized carbons (Fsp3) is 0.833. The lowest BCUT2D eigenvalue weighted by Crippen LogP contribution is -2.67. The number of nitrogens with zero attached hydrogens (tertiary/aromatic N) is 1. The van der Waals surface area contributed by atoms with E-state index in [9.17, 15) is 14.7 Å². The minimum atomic E-state index is -0.937. The molecule has 5 nitrogen and oxygen atoms in total. The molecule has 5 heteroatoms. The molecule has 0 saturated carbocycles. The number of aliphatic hydroxyl groups is 1. The number of hydrogen-bond acceptors (Lipinski definition) is 3. The molecule has 2 saturated heterocycles. The van der Waals surface area contributed by atoms with E-state index in [0.29, 0.717) is 32.5 Å². The molecular formula is C12H20N2O3. The van der Waals surface area contributed by atoms with Gasteiger partial charge in [-0.3, -0.25) is 9.59 Å². The Labute approximate surface area is 101 Å². The van der Waals surface area contributed by atoms with Crippen LogP contribution in [0.4, 0.5) is 0 Å². The summed E-state index contributed by atoms with van der Waals surface area (Å²) in [7, 11) is 0. The van der Waals surface area contributed by atoms with Crippen LogP contribution in [0.5, 0.6) is 0 Å². The summed E-state index contributed by atoms with van der Waals surface area (Å²) in [5, 5.41) is 12.6. The highest BCUT2D eigenvalue weighted by Crippen LogP contribution is 2.34. The number of nitrogens with one attached hydrogen (secondary N) is 1. The summed E-state index contributed by atoms with van der Waals surface area (Å²) in [6.45, 7) is 4.96. The van der Waals surface area contributed by atoms with Gasteiger partial charge in [-0.05, 0) is 26.2 Å². The lowest BCUT2D eigenvalue weighted by Gasteiger charge is -2.49. The number of likely N-dealkylation sites (tertiary alicyclic amines) is 1. The molecule has 2 aliphatic heterocycles. The van der Waals surface area contributed by atoms with E-state index in [1.165, 1.54) is 0 Å². The standard InChI is InChI=1S/C12H20N2O3/c1-3-12(17)7-14(8-12)10(16)11(2)5-4-6-13-9(11)15/h17H,3-8H2,1-2H3,(H,13,15)/t11-/m1/s1. The first-order valence-electron chi connectivity index (χ1n) is 6.21. The van der Waals surface area contributed by atoms with E-state index in [-0.39, 0.29) is 11.8 Å². The van der Waals surface area contributed by atoms with Crippen LogP contribution in [0.2, 0.25) is 0 Å². The van der Waals surface area contributed by atoms with E-state index in [4.69, 9.17) is 0 Å². The fourth-order valence-electron chi connectivity index (χ4n) is 2.54. The zero-order valence-corrected chi connectivity index (χ0v) is 10.5. The molecule has 0 aromatic carbocycles. The fourth-order valence-corrected chi connectivity index (χ4v) is 2.54. The molecule has 0 aromatic heterocycles. The molecule has 2 amide bonds. The molecule has 0 bridgehead atoms. The van der Waals surface area contributed by atoms with Crippen LogP contribution in [0.25, 0.3) is 0 Å². The van der Waals surface area contributed by atoms with Crippen molar-refractivity contribution < 1.29 is 14.7 Å². The van der Waals surface area contributed by atoms with Gasteiger partial charge in [0.1, 0.15) is 5.41 Å². The first-order chi connectivity index (χ1) is 7.91. The van der Waals surface area contributed by atoms with Gasteiger partial charge in [0.05, 0.1) is 18.7 Å². The smallest absolute Gasteiger partial charge is 0.238 e. The summed E-state index contributed by atoms with van der Waals surface area (Å²) < 4.78 is 0. The Balaban J connectivity index is 2.03. The molecule has 2 aliphatic rings. The average molecular weight is 240 g/mol. The number of β-amino-alcohol motifs (C(OH)–C–C–N with tert-alkyl or cyclic N) is 1. The predicted octanol–water partition coefficient (Wildman–Crippen LogP) is -0.114. The average Bonchev–Trinajstić information content (AvgIpc) is 2.28. The second kappa shape index (κ2) is 3.98. The van der Waals surface area contributed by atoms with Gasteiger partial charge in [0.25, 0.3) is 0 Å². The Morgan fingerprint density at radius 3 is 2.71 bits per heavy atom. The van der Waals surface area contributed by atoms with E-state index >= 15 is 0 Å². The zero-order chi connectivity index (χ0) is 12.7. The molecule has 2 heterocycles. The summed E-state index contributed by atoms with van der Waals surface area (Å²) in [6.07, 6.45) is 2.07. The minimum absolute atomic E-state index is 0.146. The topological polar surface area (TPSA) is 69.6 Å². The Morgan fingerprint density at radius 2 is 2.18 bits per heavy atom. The number of rotatable bonds is 2. The molecule has 2 rings (SSSR count). The lowest BCUT2D eigenvalue weighted by atomic mass is 9.78. The molecule has 0 aliphatic carbocycles. The SMILES string of the molecule is CCC1(O)CN(C(=O)[C@]2(C)CCCNC2=O)C1. The van der Waals surface area contributed by atoms with Crippen LogP contribution in [0.15, 0.2) is 0 Å². The van der Waals surface area contributed by atoms with Crippen LogP contribution in [-0.4, -0.2) is 47.1 Å². The zero-order valence-electron chi connectivity index (χ0n) is 10.5. The number of amides is 2. The maximum absolute atomic E-state index is 12.3. The molecule has 96 valence electrons. The summed E-state index contributed by atoms with van der Waals surface area (Å²) in [6, 6.07) is 0. The number of carbonyl (C=O) groups is 2. The van der Waals surface area contributed by atoms with Gasteiger partial charge < -0.3 is 15.3 Å². The highest BCUT2D eigenvalue weighted by atomic mass is 16.3. The van der Waals surface area contributed by atoms with Gasteiger partial charge in [-0.25, -0.2) is 0 Å². The highest BCUT2D eigenvalue weighted by Gasteiger charge is 2.51. The summed E-state index contributed by atoms with van der Waals surface area (Å²) in [5.74, 6) is -0.325. The van der Waals surface area contributed by atoms with Crippen LogP contribution in [-0.2, 0) is 9.59 Å². The third-order valence-corrected chi connectivity index (χ3v) is 4.03. The van der Waals surface area contributed by atoms with Crippen molar-refractivity contribution in [2.24, 2.45) is 5.41 Å². The van der Waals surface area contributed by atoms with Crippen molar-refractivity contribution in [3.05, 3.63) is 0 Å². The third kappa shape index (κ3) is 1.92. The number of hydrogen-bond donors (Lipinski definition) is 2. The second-order valence-corrected chi connectivity index (χ2v) is 5.43. The van der Waals surface area contributed by atoms with Crippen molar-refractivity contribution in [1.82, 2.24) is 10.2 Å². The molecule has 0 radical (unpaired) electrons. The van der Waals surface area contributed by atoms with Gasteiger partial charge in [-0.2, -0.15) is 0 Å². The van der Waals surface area contributed by atoms with Crippen molar-refractivity contribution in [3.63, 3.8) is 0 Å². The quantitative estimate of drug-likeness (QED) is 0.661. The van der Waals surface area contributed by atoms with Gasteiger partial charge in [0.15, 0.2) is 0 Å². The first-order valence-corrected chi connectivity index (χ1v) is 6.21. The molecule has 1 atom stereocenters. The van der Waals surface area contributed by atoms with Crippen molar-refractivity contribution in [2.75, 3.05) is 19.6 Å². The van der Waals surface area contributed by atoms with E-state index in [1.807, 2.05) is 6.92 Å². The number of piperidine rings is 1. The van der Waals surface area contributed by atoms with Gasteiger partial charge >= 0.3 is 0 Å². The van der Waals surface area contributed by atoms with Crippen LogP contribution in [0, 0.1) is 5.41 Å². The third-order valence-electron chi connectivity index (χ3n) is 4.03. The normalized spacial score (nSPS) is 31.7. The molecule has 17 heavy (non-hydrogen) atoms. The van der Waals surface area contributed by atoms with E-state index in [0.717, 1.165) is 6.42 Å². The van der Waals surface area contributed by atoms with Gasteiger partial charge in [0, 0.05) is 6.54 Å². The molecule has 2 fully saturated rings. The minimum Gasteiger partial charge on any atom is -0.386 e. The second-order valence-electron chi connectivity index (χ2n) is 5.43. The Hall–Kier alpha value is -1.10. The summed E-state index contributed by atoms with van der Waals surface area (Å²) >= 11 is 0. The summed E-state index contributed by atoms with van der Waals surface area (Å²) in [5.41, 5.74) is -1.68. The van der Waals surface area contributed by atoms with Gasteiger partial charge in [0.2, 0.25) is 11.8 Å². The summed E-state index contributed by atoms with van der Waals surface area (Å²) in [4.78, 5) is 25.7. The van der Waals surface area contributed by atoms with E-state index in [1.54, 1.807) is 11.8 Å². The molecule has 0 aromatic rings. The van der Waals surface area contributed by atoms with Crippen molar-refractivity contribution in [3.8, 4) is 0 Å². The largest absolute Gasteiger partial charge is 0.386 e. The molecule has 0 spiro atoms. The maximum Gasteiger partial charge on any atom is 0.238 e. The van der Waals surface area contributed by atoms with Crippen molar-refractivity contribution in [1.29, 1.82) is 0 Å². The van der Waals surface area contributed by atoms with Crippen molar-refractivity contribution in [2.45, 2.75) is 38.7 Å². The Bertz CT molecular complexity index is 350. The number of carbonyl (C=O) groups excluding carboxylic acids is 2. The monoisotopic (exact) mass is 240 g/mol. The van der Waals surface area contributed by atoms with Gasteiger partial charge in [-0.1, -0.05) is 6.92 Å².